The molecule has 0 atom stereocenters. The molecule has 0 spiro atoms. The van der Waals surface area contributed by atoms with Gasteiger partial charge in [0.15, 0.2) is 0 Å². The number of hydrogen-bond acceptors (Lipinski definition) is 6. The van der Waals surface area contributed by atoms with E-state index in [4.69, 9.17) is 9.47 Å². The third kappa shape index (κ3) is 7.16. The number of hydrogen-bond donors (Lipinski definition) is 2. The minimum Gasteiger partial charge on any atom is -0.497 e. The highest BCUT2D eigenvalue weighted by Crippen LogP contribution is 2.29. The molecule has 2 rings (SSSR count). The maximum Gasteiger partial charge on any atom is 0.313 e. The Morgan fingerprint density at radius 1 is 1.06 bits per heavy atom. The Morgan fingerprint density at radius 3 is 2.45 bits per heavy atom. The van der Waals surface area contributed by atoms with Crippen LogP contribution < -0.4 is 25.0 Å². The molecule has 0 radical (unpaired) electrons. The Kier molecular flexibility index (Phi) is 9.61. The van der Waals surface area contributed by atoms with Crippen LogP contribution in [0.4, 0.5) is 11.5 Å². The average Bonchev–Trinajstić information content (AvgIpc) is 2.80. The van der Waals surface area contributed by atoms with E-state index < -0.39 is 11.8 Å². The number of aromatic nitrogens is 1. The second-order valence-electron chi connectivity index (χ2n) is 6.90. The van der Waals surface area contributed by atoms with E-state index in [1.54, 1.807) is 24.4 Å². The fraction of sp³-hybridized carbons (Fsp3) is 0.435. The zero-order chi connectivity index (χ0) is 22.6. The maximum absolute atomic E-state index is 12.4. The number of pyridine rings is 1. The van der Waals surface area contributed by atoms with Crippen LogP contribution in [0.15, 0.2) is 36.5 Å². The van der Waals surface area contributed by atoms with Crippen LogP contribution >= 0.6 is 0 Å². The van der Waals surface area contributed by atoms with Crippen LogP contribution in [0.5, 0.6) is 11.5 Å². The fourth-order valence-corrected chi connectivity index (χ4v) is 2.88. The number of benzene rings is 1. The summed E-state index contributed by atoms with van der Waals surface area (Å²) in [5.74, 6) is 0.410. The summed E-state index contributed by atoms with van der Waals surface area (Å²) in [5, 5.41) is 5.23. The first kappa shape index (κ1) is 24.0. The molecule has 0 aliphatic carbocycles. The highest BCUT2D eigenvalue weighted by molar-refractivity contribution is 6.39. The Hall–Kier alpha value is -3.29. The number of amides is 2. The molecule has 2 N–H and O–H groups in total. The van der Waals surface area contributed by atoms with Gasteiger partial charge in [-0.05, 0) is 44.0 Å². The van der Waals surface area contributed by atoms with Gasteiger partial charge in [0.05, 0.1) is 19.4 Å². The molecule has 0 unspecified atom stereocenters. The number of rotatable bonds is 11. The van der Waals surface area contributed by atoms with Crippen molar-refractivity contribution in [2.24, 2.45) is 0 Å². The lowest BCUT2D eigenvalue weighted by Gasteiger charge is -2.19. The molecule has 0 saturated heterocycles. The molecule has 0 saturated carbocycles. The minimum absolute atomic E-state index is 0.204. The van der Waals surface area contributed by atoms with Gasteiger partial charge in [0, 0.05) is 31.9 Å². The number of carbonyl (C=O) groups is 2. The molecular weight excluding hydrogens is 396 g/mol. The normalized spacial score (nSPS) is 10.3. The molecular formula is C23H32N4O4. The molecule has 0 fully saturated rings. The van der Waals surface area contributed by atoms with Gasteiger partial charge in [0.2, 0.25) is 0 Å². The highest BCUT2D eigenvalue weighted by Gasteiger charge is 2.17. The number of nitrogens with zero attached hydrogens (tertiary/aromatic N) is 2. The van der Waals surface area contributed by atoms with Crippen LogP contribution in [0.2, 0.25) is 0 Å². The predicted octanol–water partition coefficient (Wildman–Crippen LogP) is 3.37. The topological polar surface area (TPSA) is 92.8 Å². The van der Waals surface area contributed by atoms with Crippen molar-refractivity contribution in [3.8, 4) is 11.5 Å². The van der Waals surface area contributed by atoms with Crippen molar-refractivity contribution in [1.29, 1.82) is 0 Å². The van der Waals surface area contributed by atoms with Crippen LogP contribution in [-0.4, -0.2) is 43.6 Å². The van der Waals surface area contributed by atoms with Gasteiger partial charge in [-0.1, -0.05) is 19.4 Å². The van der Waals surface area contributed by atoms with Crippen molar-refractivity contribution < 1.29 is 19.1 Å². The molecule has 31 heavy (non-hydrogen) atoms. The first-order chi connectivity index (χ1) is 15.0. The molecule has 8 heteroatoms. The van der Waals surface area contributed by atoms with Crippen molar-refractivity contribution >= 4 is 23.3 Å². The molecule has 0 aliphatic heterocycles. The van der Waals surface area contributed by atoms with Gasteiger partial charge in [0.25, 0.3) is 0 Å². The van der Waals surface area contributed by atoms with E-state index in [1.807, 2.05) is 12.1 Å². The molecule has 2 aromatic rings. The Labute approximate surface area is 183 Å². The quantitative estimate of drug-likeness (QED) is 0.421. The third-order valence-corrected chi connectivity index (χ3v) is 4.75. The lowest BCUT2D eigenvalue weighted by molar-refractivity contribution is -0.136. The number of methoxy groups -OCH3 is 1. The number of carbonyl (C=O) groups excluding carboxylic acids is 2. The van der Waals surface area contributed by atoms with Gasteiger partial charge in [-0.2, -0.15) is 0 Å². The molecule has 0 aliphatic rings. The summed E-state index contributed by atoms with van der Waals surface area (Å²) >= 11 is 0. The zero-order valence-electron chi connectivity index (χ0n) is 18.7. The fourth-order valence-electron chi connectivity index (χ4n) is 2.88. The molecule has 2 amide bonds. The zero-order valence-corrected chi connectivity index (χ0v) is 18.7. The second kappa shape index (κ2) is 12.4. The standard InChI is InChI=1S/C23H32N4O4/c1-5-8-13-31-20-11-10-18(30-4)14-19(20)26-23(29)22(28)25-16-17-9-12-21(24-15-17)27(6-2)7-3/h9-12,14-15H,5-8,13,16H2,1-4H3,(H,25,28)(H,26,29). The van der Waals surface area contributed by atoms with E-state index in [9.17, 15) is 9.59 Å². The molecule has 0 bridgehead atoms. The lowest BCUT2D eigenvalue weighted by atomic mass is 10.2. The third-order valence-electron chi connectivity index (χ3n) is 4.75. The summed E-state index contributed by atoms with van der Waals surface area (Å²) in [5.41, 5.74) is 1.20. The van der Waals surface area contributed by atoms with Gasteiger partial charge in [-0.15, -0.1) is 0 Å². The van der Waals surface area contributed by atoms with E-state index >= 15 is 0 Å². The minimum atomic E-state index is -0.777. The van der Waals surface area contributed by atoms with Crippen molar-refractivity contribution in [3.63, 3.8) is 0 Å². The van der Waals surface area contributed by atoms with E-state index in [-0.39, 0.29) is 6.54 Å². The van der Waals surface area contributed by atoms with Gasteiger partial charge in [-0.3, -0.25) is 9.59 Å². The molecule has 168 valence electrons. The van der Waals surface area contributed by atoms with Crippen molar-refractivity contribution in [1.82, 2.24) is 10.3 Å². The van der Waals surface area contributed by atoms with Gasteiger partial charge in [-0.25, -0.2) is 4.98 Å². The van der Waals surface area contributed by atoms with E-state index in [1.165, 1.54) is 7.11 Å². The van der Waals surface area contributed by atoms with Gasteiger partial charge >= 0.3 is 11.8 Å². The molecule has 1 aromatic carbocycles. The second-order valence-corrected chi connectivity index (χ2v) is 6.90. The monoisotopic (exact) mass is 428 g/mol. The van der Waals surface area contributed by atoms with E-state index in [0.717, 1.165) is 37.3 Å². The Bertz CT molecular complexity index is 851. The first-order valence-corrected chi connectivity index (χ1v) is 10.6. The van der Waals surface area contributed by atoms with Crippen LogP contribution in [-0.2, 0) is 16.1 Å². The number of nitrogens with one attached hydrogen (secondary N) is 2. The smallest absolute Gasteiger partial charge is 0.313 e. The molecule has 1 heterocycles. The Morgan fingerprint density at radius 2 is 1.84 bits per heavy atom. The van der Waals surface area contributed by atoms with Crippen molar-refractivity contribution in [2.45, 2.75) is 40.2 Å². The predicted molar refractivity (Wildman–Crippen MR) is 122 cm³/mol. The van der Waals surface area contributed by atoms with Crippen LogP contribution in [0.25, 0.3) is 0 Å². The summed E-state index contributed by atoms with van der Waals surface area (Å²) in [6, 6.07) is 8.88. The van der Waals surface area contributed by atoms with E-state index in [2.05, 4.69) is 41.3 Å². The SMILES string of the molecule is CCCCOc1ccc(OC)cc1NC(=O)C(=O)NCc1ccc(N(CC)CC)nc1. The summed E-state index contributed by atoms with van der Waals surface area (Å²) in [6.07, 6.45) is 3.58. The lowest BCUT2D eigenvalue weighted by Crippen LogP contribution is -2.35. The van der Waals surface area contributed by atoms with Crippen LogP contribution in [0, 0.1) is 0 Å². The first-order valence-electron chi connectivity index (χ1n) is 10.6. The summed E-state index contributed by atoms with van der Waals surface area (Å²) in [7, 11) is 1.53. The summed E-state index contributed by atoms with van der Waals surface area (Å²) in [4.78, 5) is 31.2. The Balaban J connectivity index is 1.97. The van der Waals surface area contributed by atoms with Gasteiger partial charge < -0.3 is 25.0 Å². The highest BCUT2D eigenvalue weighted by atomic mass is 16.5. The van der Waals surface area contributed by atoms with Crippen molar-refractivity contribution in [2.75, 3.05) is 37.0 Å². The van der Waals surface area contributed by atoms with Crippen LogP contribution in [0.3, 0.4) is 0 Å². The largest absolute Gasteiger partial charge is 0.497 e. The van der Waals surface area contributed by atoms with Crippen LogP contribution in [0.1, 0.15) is 39.2 Å². The summed E-state index contributed by atoms with van der Waals surface area (Å²) < 4.78 is 10.9. The van der Waals surface area contributed by atoms with E-state index in [0.29, 0.717) is 23.8 Å². The average molecular weight is 429 g/mol. The molecule has 8 nitrogen and oxygen atoms in total. The number of anilines is 2. The van der Waals surface area contributed by atoms with Gasteiger partial charge in [0.1, 0.15) is 17.3 Å². The molecule has 1 aromatic heterocycles. The number of ether oxygens (including phenoxy) is 2. The number of unbranched alkanes of at least 4 members (excludes halogenated alkanes) is 1. The maximum atomic E-state index is 12.4. The van der Waals surface area contributed by atoms with Crippen molar-refractivity contribution in [3.05, 3.63) is 42.1 Å². The summed E-state index contributed by atoms with van der Waals surface area (Å²) in [6.45, 7) is 8.67.